The first-order valence-electron chi connectivity index (χ1n) is 7.95. The maximum absolute atomic E-state index is 13.1. The van der Waals surface area contributed by atoms with Gasteiger partial charge in [0.15, 0.2) is 6.61 Å². The van der Waals surface area contributed by atoms with Crippen LogP contribution in [0.3, 0.4) is 0 Å². The molecule has 0 fully saturated rings. The number of rotatable bonds is 6. The number of hydrogen-bond donors (Lipinski definition) is 1. The second-order valence-electron chi connectivity index (χ2n) is 5.56. The van der Waals surface area contributed by atoms with Gasteiger partial charge in [0.05, 0.1) is 0 Å². The van der Waals surface area contributed by atoms with Gasteiger partial charge in [-0.15, -0.1) is 5.10 Å². The van der Waals surface area contributed by atoms with Gasteiger partial charge in [0.2, 0.25) is 5.89 Å². The topological polar surface area (TPSA) is 103 Å². The molecular formula is C18H13F2N3O5. The van der Waals surface area contributed by atoms with E-state index >= 15 is 0 Å². The molecule has 1 aromatic heterocycles. The fourth-order valence-corrected chi connectivity index (χ4v) is 2.24. The fourth-order valence-electron chi connectivity index (χ4n) is 2.24. The van der Waals surface area contributed by atoms with Crippen LogP contribution in [0.4, 0.5) is 14.5 Å². The van der Waals surface area contributed by atoms with Crippen LogP contribution in [0.2, 0.25) is 0 Å². The van der Waals surface area contributed by atoms with E-state index < -0.39 is 42.4 Å². The van der Waals surface area contributed by atoms with Crippen molar-refractivity contribution >= 4 is 17.6 Å². The van der Waals surface area contributed by atoms with Crippen LogP contribution in [0.1, 0.15) is 0 Å². The lowest BCUT2D eigenvalue weighted by atomic mass is 10.2. The van der Waals surface area contributed by atoms with Crippen LogP contribution in [0.5, 0.6) is 0 Å². The lowest BCUT2D eigenvalue weighted by molar-refractivity contribution is -0.148. The Bertz CT molecular complexity index is 1040. The zero-order valence-electron chi connectivity index (χ0n) is 14.2. The molecule has 0 radical (unpaired) electrons. The molecule has 144 valence electrons. The Morgan fingerprint density at radius 1 is 1.11 bits per heavy atom. The minimum atomic E-state index is -0.921. The predicted molar refractivity (Wildman–Crippen MR) is 92.1 cm³/mol. The van der Waals surface area contributed by atoms with Crippen molar-refractivity contribution in [1.82, 2.24) is 9.78 Å². The minimum Gasteiger partial charge on any atom is -0.454 e. The van der Waals surface area contributed by atoms with Crippen molar-refractivity contribution in [2.45, 2.75) is 6.54 Å². The number of carbonyl (C=O) groups excluding carboxylic acids is 2. The van der Waals surface area contributed by atoms with Crippen molar-refractivity contribution < 1.29 is 27.5 Å². The van der Waals surface area contributed by atoms with Crippen molar-refractivity contribution in [3.8, 4) is 11.5 Å². The Balaban J connectivity index is 1.55. The molecule has 0 aliphatic carbocycles. The number of carbonyl (C=O) groups is 2. The largest absolute Gasteiger partial charge is 0.454 e. The third-order valence-corrected chi connectivity index (χ3v) is 3.42. The first kappa shape index (κ1) is 19.0. The van der Waals surface area contributed by atoms with Crippen LogP contribution in [-0.4, -0.2) is 28.3 Å². The Morgan fingerprint density at radius 3 is 2.46 bits per heavy atom. The van der Waals surface area contributed by atoms with Crippen LogP contribution in [0.25, 0.3) is 11.5 Å². The number of anilines is 1. The summed E-state index contributed by atoms with van der Waals surface area (Å²) >= 11 is 0. The highest BCUT2D eigenvalue weighted by atomic mass is 19.1. The second-order valence-corrected chi connectivity index (χ2v) is 5.56. The normalized spacial score (nSPS) is 10.5. The lowest BCUT2D eigenvalue weighted by Gasteiger charge is -2.06. The molecule has 10 heteroatoms. The monoisotopic (exact) mass is 389 g/mol. The zero-order chi connectivity index (χ0) is 20.1. The van der Waals surface area contributed by atoms with Gasteiger partial charge in [-0.1, -0.05) is 18.2 Å². The quantitative estimate of drug-likeness (QED) is 0.647. The molecule has 0 unspecified atom stereocenters. The van der Waals surface area contributed by atoms with Crippen molar-refractivity contribution in [2.75, 3.05) is 11.9 Å². The average Bonchev–Trinajstić information content (AvgIpc) is 3.00. The molecule has 0 saturated carbocycles. The van der Waals surface area contributed by atoms with Gasteiger partial charge in [-0.3, -0.25) is 9.59 Å². The highest BCUT2D eigenvalue weighted by molar-refractivity contribution is 5.92. The van der Waals surface area contributed by atoms with Crippen molar-refractivity contribution in [2.24, 2.45) is 0 Å². The molecule has 1 N–H and O–H groups in total. The number of nitrogens with zero attached hydrogens (tertiary/aromatic N) is 2. The van der Waals surface area contributed by atoms with E-state index in [2.05, 4.69) is 10.4 Å². The van der Waals surface area contributed by atoms with E-state index in [1.54, 1.807) is 30.3 Å². The highest BCUT2D eigenvalue weighted by Gasteiger charge is 2.15. The van der Waals surface area contributed by atoms with E-state index in [-0.39, 0.29) is 11.6 Å². The van der Waals surface area contributed by atoms with E-state index in [1.807, 2.05) is 0 Å². The van der Waals surface area contributed by atoms with Crippen LogP contribution < -0.4 is 11.1 Å². The summed E-state index contributed by atoms with van der Waals surface area (Å²) in [7, 11) is 0. The summed E-state index contributed by atoms with van der Waals surface area (Å²) in [6.07, 6.45) is 0. The molecule has 3 rings (SSSR count). The second kappa shape index (κ2) is 8.25. The predicted octanol–water partition coefficient (Wildman–Crippen LogP) is 1.96. The first-order chi connectivity index (χ1) is 13.4. The van der Waals surface area contributed by atoms with E-state index in [1.165, 1.54) is 0 Å². The molecule has 0 bridgehead atoms. The van der Waals surface area contributed by atoms with Crippen LogP contribution in [-0.2, 0) is 20.9 Å². The Labute approximate surface area is 156 Å². The number of halogens is 2. The number of benzene rings is 2. The Hall–Kier alpha value is -3.82. The van der Waals surface area contributed by atoms with Crippen LogP contribution in [0.15, 0.2) is 57.7 Å². The van der Waals surface area contributed by atoms with Gasteiger partial charge < -0.3 is 14.5 Å². The van der Waals surface area contributed by atoms with Gasteiger partial charge in [0, 0.05) is 17.3 Å². The summed E-state index contributed by atoms with van der Waals surface area (Å²) in [5.41, 5.74) is 0.423. The SMILES string of the molecule is O=C(COC(=O)Cn1nc(-c2ccccc2)oc1=O)Nc1cc(F)cc(F)c1. The summed E-state index contributed by atoms with van der Waals surface area (Å²) in [6, 6.07) is 11.0. The molecule has 3 aromatic rings. The summed E-state index contributed by atoms with van der Waals surface area (Å²) in [5.74, 6) is -4.30. The number of amides is 1. The zero-order valence-corrected chi connectivity index (χ0v) is 14.2. The molecule has 0 aliphatic rings. The number of hydrogen-bond acceptors (Lipinski definition) is 6. The molecule has 8 nitrogen and oxygen atoms in total. The van der Waals surface area contributed by atoms with Crippen LogP contribution in [0, 0.1) is 11.6 Å². The third-order valence-electron chi connectivity index (χ3n) is 3.42. The third kappa shape index (κ3) is 4.87. The van der Waals surface area contributed by atoms with Gasteiger partial charge in [-0.05, 0) is 24.3 Å². The fraction of sp³-hybridized carbons (Fsp3) is 0.111. The lowest BCUT2D eigenvalue weighted by Crippen LogP contribution is -2.26. The summed E-state index contributed by atoms with van der Waals surface area (Å²) in [5, 5.41) is 6.07. The summed E-state index contributed by atoms with van der Waals surface area (Å²) < 4.78 is 36.6. The van der Waals surface area contributed by atoms with Gasteiger partial charge in [-0.2, -0.15) is 4.68 Å². The van der Waals surface area contributed by atoms with Crippen molar-refractivity contribution in [3.63, 3.8) is 0 Å². The maximum atomic E-state index is 13.1. The molecule has 0 saturated heterocycles. The highest BCUT2D eigenvalue weighted by Crippen LogP contribution is 2.14. The maximum Gasteiger partial charge on any atom is 0.437 e. The molecule has 2 aromatic carbocycles. The summed E-state index contributed by atoms with van der Waals surface area (Å²) in [4.78, 5) is 35.3. The number of ether oxygens (including phenoxy) is 1. The van der Waals surface area contributed by atoms with Crippen molar-refractivity contribution in [1.29, 1.82) is 0 Å². The standard InChI is InChI=1S/C18H13F2N3O5/c19-12-6-13(20)8-14(7-12)21-15(24)10-27-16(25)9-23-18(26)28-17(22-23)11-4-2-1-3-5-11/h1-8H,9-10H2,(H,21,24). The van der Waals surface area contributed by atoms with Crippen LogP contribution >= 0.6 is 0 Å². The molecule has 1 heterocycles. The molecule has 0 aliphatic heterocycles. The molecule has 1 amide bonds. The Morgan fingerprint density at radius 2 is 1.79 bits per heavy atom. The van der Waals surface area contributed by atoms with E-state index in [0.717, 1.165) is 16.8 Å². The minimum absolute atomic E-state index is 0.0317. The number of nitrogens with one attached hydrogen (secondary N) is 1. The van der Waals surface area contributed by atoms with Gasteiger partial charge in [0.1, 0.15) is 18.2 Å². The van der Waals surface area contributed by atoms with E-state index in [9.17, 15) is 23.2 Å². The average molecular weight is 389 g/mol. The van der Waals surface area contributed by atoms with E-state index in [0.29, 0.717) is 11.6 Å². The Kier molecular flexibility index (Phi) is 5.58. The molecular weight excluding hydrogens is 376 g/mol. The number of aromatic nitrogens is 2. The summed E-state index contributed by atoms with van der Waals surface area (Å²) in [6.45, 7) is -1.29. The first-order valence-corrected chi connectivity index (χ1v) is 7.95. The van der Waals surface area contributed by atoms with Gasteiger partial charge in [-0.25, -0.2) is 13.6 Å². The molecule has 0 atom stereocenters. The van der Waals surface area contributed by atoms with Gasteiger partial charge >= 0.3 is 11.7 Å². The van der Waals surface area contributed by atoms with Crippen molar-refractivity contribution in [3.05, 3.63) is 70.7 Å². The molecule has 0 spiro atoms. The van der Waals surface area contributed by atoms with Gasteiger partial charge in [0.25, 0.3) is 5.91 Å². The molecule has 28 heavy (non-hydrogen) atoms. The number of esters is 1. The van der Waals surface area contributed by atoms with E-state index in [4.69, 9.17) is 9.15 Å². The smallest absolute Gasteiger partial charge is 0.437 e.